The number of aryl methyl sites for hydroxylation is 1. The minimum absolute atomic E-state index is 0.0298. The molecule has 0 bridgehead atoms. The molecule has 0 saturated carbocycles. The molecule has 2 aromatic rings. The van der Waals surface area contributed by atoms with Gasteiger partial charge in [0.05, 0.1) is 30.2 Å². The fourth-order valence-electron chi connectivity index (χ4n) is 3.56. The first kappa shape index (κ1) is 19.8. The lowest BCUT2D eigenvalue weighted by molar-refractivity contribution is -0.0295. The molecule has 148 valence electrons. The van der Waals surface area contributed by atoms with E-state index in [0.29, 0.717) is 30.3 Å². The summed E-state index contributed by atoms with van der Waals surface area (Å²) in [6.07, 6.45) is 1.80. The SMILES string of the molecule is Cc1nc2c(cnn2C(C)C)cc1C(=O)NCC1CN(CC(C)C)CCO1. The number of rotatable bonds is 6. The predicted molar refractivity (Wildman–Crippen MR) is 106 cm³/mol. The Bertz CT molecular complexity index is 799. The first-order valence-electron chi connectivity index (χ1n) is 9.82. The van der Waals surface area contributed by atoms with Crippen LogP contribution in [0.25, 0.3) is 11.0 Å². The molecule has 1 unspecified atom stereocenters. The molecule has 1 atom stereocenters. The van der Waals surface area contributed by atoms with Crippen molar-refractivity contribution in [2.24, 2.45) is 5.92 Å². The van der Waals surface area contributed by atoms with Gasteiger partial charge in [0.1, 0.15) is 0 Å². The van der Waals surface area contributed by atoms with Crippen molar-refractivity contribution < 1.29 is 9.53 Å². The number of hydrogen-bond acceptors (Lipinski definition) is 5. The highest BCUT2D eigenvalue weighted by Crippen LogP contribution is 2.19. The molecule has 3 rings (SSSR count). The second-order valence-corrected chi connectivity index (χ2v) is 8.07. The highest BCUT2D eigenvalue weighted by Gasteiger charge is 2.22. The minimum atomic E-state index is -0.108. The summed E-state index contributed by atoms with van der Waals surface area (Å²) in [5.41, 5.74) is 2.13. The summed E-state index contributed by atoms with van der Waals surface area (Å²) in [5.74, 6) is 0.523. The Balaban J connectivity index is 1.65. The summed E-state index contributed by atoms with van der Waals surface area (Å²) in [6, 6.07) is 2.11. The molecule has 0 radical (unpaired) electrons. The maximum absolute atomic E-state index is 12.7. The van der Waals surface area contributed by atoms with Gasteiger partial charge in [-0.25, -0.2) is 9.67 Å². The third-order valence-electron chi connectivity index (χ3n) is 4.83. The number of fused-ring (bicyclic) bond motifs is 1. The standard InChI is InChI=1S/C20H31N5O2/c1-13(2)11-24-6-7-27-17(12-24)10-21-20(26)18-8-16-9-22-25(14(3)4)19(16)23-15(18)5/h8-9,13-14,17H,6-7,10-12H2,1-5H3,(H,21,26). The molecule has 0 aromatic carbocycles. The molecular formula is C20H31N5O2. The van der Waals surface area contributed by atoms with E-state index in [-0.39, 0.29) is 18.1 Å². The number of morpholine rings is 1. The third-order valence-corrected chi connectivity index (χ3v) is 4.83. The summed E-state index contributed by atoms with van der Waals surface area (Å²) in [4.78, 5) is 19.7. The molecule has 2 aromatic heterocycles. The van der Waals surface area contributed by atoms with E-state index >= 15 is 0 Å². The molecule has 7 heteroatoms. The zero-order valence-corrected chi connectivity index (χ0v) is 17.0. The molecule has 1 aliphatic rings. The third kappa shape index (κ3) is 4.65. The molecule has 1 saturated heterocycles. The van der Waals surface area contributed by atoms with Crippen molar-refractivity contribution in [3.63, 3.8) is 0 Å². The zero-order chi connectivity index (χ0) is 19.6. The monoisotopic (exact) mass is 373 g/mol. The van der Waals surface area contributed by atoms with Crippen LogP contribution in [0.5, 0.6) is 0 Å². The van der Waals surface area contributed by atoms with Crippen molar-refractivity contribution in [3.8, 4) is 0 Å². The number of carbonyl (C=O) groups excluding carboxylic acids is 1. The van der Waals surface area contributed by atoms with Gasteiger partial charge in [0, 0.05) is 37.6 Å². The van der Waals surface area contributed by atoms with Gasteiger partial charge in [0.25, 0.3) is 5.91 Å². The molecule has 27 heavy (non-hydrogen) atoms. The van der Waals surface area contributed by atoms with Gasteiger partial charge in [-0.1, -0.05) is 13.8 Å². The number of ether oxygens (including phenoxy) is 1. The number of pyridine rings is 1. The first-order chi connectivity index (χ1) is 12.8. The Labute approximate surface area is 161 Å². The van der Waals surface area contributed by atoms with Gasteiger partial charge in [-0.05, 0) is 32.8 Å². The van der Waals surface area contributed by atoms with Crippen LogP contribution in [-0.4, -0.2) is 64.5 Å². The van der Waals surface area contributed by atoms with Crippen LogP contribution in [0.4, 0.5) is 0 Å². The second-order valence-electron chi connectivity index (χ2n) is 8.07. The van der Waals surface area contributed by atoms with Crippen molar-refractivity contribution in [2.45, 2.75) is 46.8 Å². The normalized spacial score (nSPS) is 18.6. The maximum Gasteiger partial charge on any atom is 0.253 e. The van der Waals surface area contributed by atoms with Gasteiger partial charge in [-0.15, -0.1) is 0 Å². The number of amides is 1. The summed E-state index contributed by atoms with van der Waals surface area (Å²) in [6.45, 7) is 14.6. The molecular weight excluding hydrogens is 342 g/mol. The molecule has 0 aliphatic carbocycles. The van der Waals surface area contributed by atoms with Gasteiger partial charge in [-0.3, -0.25) is 9.69 Å². The van der Waals surface area contributed by atoms with Crippen LogP contribution in [-0.2, 0) is 4.74 Å². The van der Waals surface area contributed by atoms with E-state index < -0.39 is 0 Å². The Morgan fingerprint density at radius 2 is 2.15 bits per heavy atom. The topological polar surface area (TPSA) is 72.3 Å². The fraction of sp³-hybridized carbons (Fsp3) is 0.650. The van der Waals surface area contributed by atoms with Crippen molar-refractivity contribution >= 4 is 16.9 Å². The van der Waals surface area contributed by atoms with E-state index in [1.54, 1.807) is 6.20 Å². The van der Waals surface area contributed by atoms with Crippen molar-refractivity contribution in [1.29, 1.82) is 0 Å². The van der Waals surface area contributed by atoms with Crippen LogP contribution in [0.3, 0.4) is 0 Å². The van der Waals surface area contributed by atoms with E-state index in [2.05, 4.69) is 48.0 Å². The molecule has 0 spiro atoms. The van der Waals surface area contributed by atoms with E-state index in [1.807, 2.05) is 17.7 Å². The van der Waals surface area contributed by atoms with Crippen LogP contribution >= 0.6 is 0 Å². The Morgan fingerprint density at radius 3 is 2.85 bits per heavy atom. The maximum atomic E-state index is 12.7. The van der Waals surface area contributed by atoms with E-state index in [0.717, 1.165) is 30.7 Å². The highest BCUT2D eigenvalue weighted by atomic mass is 16.5. The summed E-state index contributed by atoms with van der Waals surface area (Å²) < 4.78 is 7.70. The average molecular weight is 374 g/mol. The summed E-state index contributed by atoms with van der Waals surface area (Å²) in [5, 5.41) is 8.29. The van der Waals surface area contributed by atoms with Crippen molar-refractivity contribution in [3.05, 3.63) is 23.5 Å². The van der Waals surface area contributed by atoms with Gasteiger partial charge in [0.2, 0.25) is 0 Å². The largest absolute Gasteiger partial charge is 0.374 e. The summed E-state index contributed by atoms with van der Waals surface area (Å²) in [7, 11) is 0. The van der Waals surface area contributed by atoms with E-state index in [1.165, 1.54) is 0 Å². The molecule has 1 aliphatic heterocycles. The molecule has 1 amide bonds. The quantitative estimate of drug-likeness (QED) is 0.842. The highest BCUT2D eigenvalue weighted by molar-refractivity contribution is 5.98. The van der Waals surface area contributed by atoms with Gasteiger partial charge < -0.3 is 10.1 Å². The second kappa shape index (κ2) is 8.35. The number of nitrogens with zero attached hydrogens (tertiary/aromatic N) is 4. The fourth-order valence-corrected chi connectivity index (χ4v) is 3.56. The van der Waals surface area contributed by atoms with Gasteiger partial charge in [0.15, 0.2) is 5.65 Å². The average Bonchev–Trinajstić information content (AvgIpc) is 3.01. The Morgan fingerprint density at radius 1 is 1.37 bits per heavy atom. The van der Waals surface area contributed by atoms with Crippen LogP contribution < -0.4 is 5.32 Å². The Hall–Kier alpha value is -1.99. The number of hydrogen-bond donors (Lipinski definition) is 1. The number of carbonyl (C=O) groups is 1. The Kier molecular flexibility index (Phi) is 6.11. The zero-order valence-electron chi connectivity index (χ0n) is 17.0. The number of nitrogens with one attached hydrogen (secondary N) is 1. The number of aromatic nitrogens is 3. The lowest BCUT2D eigenvalue weighted by Crippen LogP contribution is -2.48. The lowest BCUT2D eigenvalue weighted by atomic mass is 10.1. The molecule has 7 nitrogen and oxygen atoms in total. The van der Waals surface area contributed by atoms with Crippen LogP contribution in [0.15, 0.2) is 12.3 Å². The smallest absolute Gasteiger partial charge is 0.253 e. The van der Waals surface area contributed by atoms with Crippen LogP contribution in [0, 0.1) is 12.8 Å². The first-order valence-corrected chi connectivity index (χ1v) is 9.82. The predicted octanol–water partition coefficient (Wildman–Crippen LogP) is 2.41. The van der Waals surface area contributed by atoms with E-state index in [9.17, 15) is 4.79 Å². The van der Waals surface area contributed by atoms with Gasteiger partial charge in [-0.2, -0.15) is 5.10 Å². The van der Waals surface area contributed by atoms with E-state index in [4.69, 9.17) is 4.74 Å². The van der Waals surface area contributed by atoms with Crippen LogP contribution in [0.2, 0.25) is 0 Å². The van der Waals surface area contributed by atoms with Gasteiger partial charge >= 0.3 is 0 Å². The molecule has 3 heterocycles. The van der Waals surface area contributed by atoms with Crippen molar-refractivity contribution in [1.82, 2.24) is 25.0 Å². The summed E-state index contributed by atoms with van der Waals surface area (Å²) >= 11 is 0. The van der Waals surface area contributed by atoms with Crippen LogP contribution in [0.1, 0.15) is 49.8 Å². The molecule has 1 N–H and O–H groups in total. The van der Waals surface area contributed by atoms with Crippen molar-refractivity contribution in [2.75, 3.05) is 32.8 Å². The minimum Gasteiger partial charge on any atom is -0.374 e. The lowest BCUT2D eigenvalue weighted by Gasteiger charge is -2.34. The molecule has 1 fully saturated rings.